The molecule has 1 amide bonds. The number of para-hydroxylation sites is 2. The van der Waals surface area contributed by atoms with E-state index in [9.17, 15) is 4.79 Å². The van der Waals surface area contributed by atoms with Crippen molar-refractivity contribution in [3.05, 3.63) is 60.4 Å². The highest BCUT2D eigenvalue weighted by atomic mass is 16.5. The summed E-state index contributed by atoms with van der Waals surface area (Å²) in [5.41, 5.74) is 3.11. The number of benzene rings is 2. The zero-order chi connectivity index (χ0) is 16.8. The first kappa shape index (κ1) is 16.1. The molecule has 0 aliphatic carbocycles. The van der Waals surface area contributed by atoms with Crippen molar-refractivity contribution in [2.75, 3.05) is 13.7 Å². The maximum absolute atomic E-state index is 12.0. The number of amides is 1. The number of hydrogen-bond acceptors (Lipinski definition) is 3. The summed E-state index contributed by atoms with van der Waals surface area (Å²) < 4.78 is 7.23. The zero-order valence-corrected chi connectivity index (χ0v) is 13.7. The fourth-order valence-electron chi connectivity index (χ4n) is 2.66. The van der Waals surface area contributed by atoms with Crippen LogP contribution in [0.3, 0.4) is 0 Å². The molecule has 0 aliphatic heterocycles. The van der Waals surface area contributed by atoms with Gasteiger partial charge in [0.25, 0.3) is 0 Å². The molecule has 1 aromatic heterocycles. The number of fused-ring (bicyclic) bond motifs is 1. The molecule has 124 valence electrons. The molecular weight excluding hydrogens is 302 g/mol. The molecule has 5 nitrogen and oxygen atoms in total. The Labute approximate surface area is 141 Å². The van der Waals surface area contributed by atoms with Gasteiger partial charge in [0.2, 0.25) is 5.91 Å². The van der Waals surface area contributed by atoms with E-state index in [1.165, 1.54) is 0 Å². The summed E-state index contributed by atoms with van der Waals surface area (Å²) in [7, 11) is 1.63. The Morgan fingerprint density at radius 2 is 1.96 bits per heavy atom. The van der Waals surface area contributed by atoms with Crippen LogP contribution in [0, 0.1) is 0 Å². The summed E-state index contributed by atoms with van der Waals surface area (Å²) in [6.45, 7) is 1.49. The molecule has 0 saturated carbocycles. The van der Waals surface area contributed by atoms with E-state index in [4.69, 9.17) is 4.74 Å². The molecule has 5 heteroatoms. The van der Waals surface area contributed by atoms with Crippen molar-refractivity contribution in [1.82, 2.24) is 14.9 Å². The Morgan fingerprint density at radius 1 is 1.17 bits per heavy atom. The van der Waals surface area contributed by atoms with Crippen LogP contribution in [0.5, 0.6) is 5.75 Å². The third kappa shape index (κ3) is 3.93. The molecule has 0 fully saturated rings. The van der Waals surface area contributed by atoms with Gasteiger partial charge in [-0.05, 0) is 36.2 Å². The predicted molar refractivity (Wildman–Crippen MR) is 94.1 cm³/mol. The number of aryl methyl sites for hydroxylation is 1. The minimum Gasteiger partial charge on any atom is -0.497 e. The van der Waals surface area contributed by atoms with Gasteiger partial charge < -0.3 is 14.6 Å². The highest BCUT2D eigenvalue weighted by Gasteiger charge is 2.04. The van der Waals surface area contributed by atoms with Crippen LogP contribution >= 0.6 is 0 Å². The van der Waals surface area contributed by atoms with Gasteiger partial charge in [-0.25, -0.2) is 4.98 Å². The van der Waals surface area contributed by atoms with Gasteiger partial charge in [-0.2, -0.15) is 0 Å². The Morgan fingerprint density at radius 3 is 2.75 bits per heavy atom. The fraction of sp³-hybridized carbons (Fsp3) is 0.263. The lowest BCUT2D eigenvalue weighted by Gasteiger charge is -2.07. The van der Waals surface area contributed by atoms with E-state index in [-0.39, 0.29) is 5.91 Å². The van der Waals surface area contributed by atoms with E-state index < -0.39 is 0 Å². The lowest BCUT2D eigenvalue weighted by atomic mass is 10.1. The standard InChI is InChI=1S/C19H21N3O2/c1-24-16-9-7-15(8-10-16)13-19(23)20-11-4-12-22-14-21-17-5-2-3-6-18(17)22/h2-3,5-10,14H,4,11-13H2,1H3,(H,20,23). The van der Waals surface area contributed by atoms with Crippen LogP contribution in [-0.2, 0) is 17.8 Å². The quantitative estimate of drug-likeness (QED) is 0.680. The van der Waals surface area contributed by atoms with Gasteiger partial charge in [0.15, 0.2) is 0 Å². The topological polar surface area (TPSA) is 56.1 Å². The van der Waals surface area contributed by atoms with Crippen LogP contribution in [-0.4, -0.2) is 29.1 Å². The molecule has 0 radical (unpaired) electrons. The van der Waals surface area contributed by atoms with Crippen molar-refractivity contribution in [2.45, 2.75) is 19.4 Å². The van der Waals surface area contributed by atoms with E-state index >= 15 is 0 Å². The Balaban J connectivity index is 1.43. The molecule has 0 aliphatic rings. The normalized spacial score (nSPS) is 10.7. The molecule has 0 atom stereocenters. The van der Waals surface area contributed by atoms with E-state index in [2.05, 4.69) is 20.9 Å². The van der Waals surface area contributed by atoms with Crippen LogP contribution in [0.15, 0.2) is 54.9 Å². The van der Waals surface area contributed by atoms with Gasteiger partial charge in [0.05, 0.1) is 30.9 Å². The molecule has 1 N–H and O–H groups in total. The maximum atomic E-state index is 12.0. The third-order valence-electron chi connectivity index (χ3n) is 3.95. The highest BCUT2D eigenvalue weighted by Crippen LogP contribution is 2.12. The number of nitrogens with zero attached hydrogens (tertiary/aromatic N) is 2. The van der Waals surface area contributed by atoms with Crippen LogP contribution in [0.4, 0.5) is 0 Å². The monoisotopic (exact) mass is 323 g/mol. The average molecular weight is 323 g/mol. The van der Waals surface area contributed by atoms with Crippen molar-refractivity contribution in [2.24, 2.45) is 0 Å². The first-order valence-corrected chi connectivity index (χ1v) is 8.06. The smallest absolute Gasteiger partial charge is 0.224 e. The van der Waals surface area contributed by atoms with Gasteiger partial charge in [-0.15, -0.1) is 0 Å². The first-order valence-electron chi connectivity index (χ1n) is 8.06. The van der Waals surface area contributed by atoms with E-state index in [0.29, 0.717) is 13.0 Å². The summed E-state index contributed by atoms with van der Waals surface area (Å²) in [6, 6.07) is 15.6. The second-order valence-electron chi connectivity index (χ2n) is 5.66. The van der Waals surface area contributed by atoms with Crippen LogP contribution in [0.25, 0.3) is 11.0 Å². The van der Waals surface area contributed by atoms with Gasteiger partial charge in [0, 0.05) is 13.1 Å². The molecule has 1 heterocycles. The second kappa shape index (κ2) is 7.64. The van der Waals surface area contributed by atoms with Gasteiger partial charge >= 0.3 is 0 Å². The van der Waals surface area contributed by atoms with E-state index in [1.54, 1.807) is 7.11 Å². The Bertz CT molecular complexity index is 809. The van der Waals surface area contributed by atoms with Gasteiger partial charge in [-0.3, -0.25) is 4.79 Å². The molecule has 0 bridgehead atoms. The number of imidazole rings is 1. The molecule has 0 unspecified atom stereocenters. The van der Waals surface area contributed by atoms with Crippen molar-refractivity contribution >= 4 is 16.9 Å². The first-order chi connectivity index (χ1) is 11.8. The zero-order valence-electron chi connectivity index (χ0n) is 13.7. The molecular formula is C19H21N3O2. The van der Waals surface area contributed by atoms with Crippen molar-refractivity contribution in [3.8, 4) is 5.75 Å². The summed E-state index contributed by atoms with van der Waals surface area (Å²) in [4.78, 5) is 16.3. The molecule has 24 heavy (non-hydrogen) atoms. The van der Waals surface area contributed by atoms with Crippen molar-refractivity contribution in [1.29, 1.82) is 0 Å². The molecule has 3 aromatic rings. The van der Waals surface area contributed by atoms with Crippen LogP contribution in [0.2, 0.25) is 0 Å². The number of ether oxygens (including phenoxy) is 1. The minimum atomic E-state index is 0.0376. The van der Waals surface area contributed by atoms with Crippen LogP contribution in [0.1, 0.15) is 12.0 Å². The highest BCUT2D eigenvalue weighted by molar-refractivity contribution is 5.78. The predicted octanol–water partition coefficient (Wildman–Crippen LogP) is 2.79. The summed E-state index contributed by atoms with van der Waals surface area (Å²) in [5.74, 6) is 0.836. The summed E-state index contributed by atoms with van der Waals surface area (Å²) in [5, 5.41) is 2.97. The van der Waals surface area contributed by atoms with E-state index in [1.807, 2.05) is 48.8 Å². The lowest BCUT2D eigenvalue weighted by molar-refractivity contribution is -0.120. The number of rotatable bonds is 7. The Hall–Kier alpha value is -2.82. The van der Waals surface area contributed by atoms with Crippen molar-refractivity contribution < 1.29 is 9.53 Å². The molecule has 2 aromatic carbocycles. The summed E-state index contributed by atoms with van der Waals surface area (Å²) >= 11 is 0. The van der Waals surface area contributed by atoms with E-state index in [0.717, 1.165) is 35.3 Å². The number of aromatic nitrogens is 2. The van der Waals surface area contributed by atoms with Gasteiger partial charge in [-0.1, -0.05) is 24.3 Å². The Kier molecular flexibility index (Phi) is 5.11. The largest absolute Gasteiger partial charge is 0.497 e. The number of carbonyl (C=O) groups is 1. The molecule has 0 saturated heterocycles. The number of nitrogens with one attached hydrogen (secondary N) is 1. The maximum Gasteiger partial charge on any atom is 0.224 e. The second-order valence-corrected chi connectivity index (χ2v) is 5.66. The lowest BCUT2D eigenvalue weighted by Crippen LogP contribution is -2.26. The summed E-state index contributed by atoms with van der Waals surface area (Å²) in [6.07, 6.45) is 3.11. The average Bonchev–Trinajstić information content (AvgIpc) is 3.03. The molecule has 3 rings (SSSR count). The van der Waals surface area contributed by atoms with Gasteiger partial charge in [0.1, 0.15) is 5.75 Å². The fourth-order valence-corrected chi connectivity index (χ4v) is 2.66. The number of hydrogen-bond donors (Lipinski definition) is 1. The van der Waals surface area contributed by atoms with Crippen molar-refractivity contribution in [3.63, 3.8) is 0 Å². The number of methoxy groups -OCH3 is 1. The minimum absolute atomic E-state index is 0.0376. The number of carbonyl (C=O) groups excluding carboxylic acids is 1. The molecule has 0 spiro atoms. The SMILES string of the molecule is COc1ccc(CC(=O)NCCCn2cnc3ccccc32)cc1. The third-order valence-corrected chi connectivity index (χ3v) is 3.95. The van der Waals surface area contributed by atoms with Crippen LogP contribution < -0.4 is 10.1 Å².